The number of aliphatic imine (C=N–C) groups is 1. The molecule has 0 atom stereocenters. The average Bonchev–Trinajstić information content (AvgIpc) is 2.91. The molecule has 0 aliphatic rings. The standard InChI is InChI=1S/C19H28BrN5.HI/c1-15-13-16(2)25(24-15)12-6-11-23-19(21-3)22-10-5-8-17-7-4-9-18(20)14-17;/h4,7,9,13-14H,5-6,8,10-12H2,1-3H3,(H2,21,22,23);1H. The molecule has 0 radical (unpaired) electrons. The van der Waals surface area contributed by atoms with Crippen molar-refractivity contribution in [3.63, 3.8) is 0 Å². The van der Waals surface area contributed by atoms with Gasteiger partial charge in [0.05, 0.1) is 5.69 Å². The second kappa shape index (κ2) is 12.3. The van der Waals surface area contributed by atoms with Crippen LogP contribution in [0.4, 0.5) is 0 Å². The maximum absolute atomic E-state index is 4.48. The monoisotopic (exact) mass is 533 g/mol. The quantitative estimate of drug-likeness (QED) is 0.233. The van der Waals surface area contributed by atoms with Crippen LogP contribution in [-0.4, -0.2) is 35.9 Å². The Labute approximate surface area is 182 Å². The topological polar surface area (TPSA) is 54.2 Å². The molecule has 0 aliphatic carbocycles. The Kier molecular flexibility index (Phi) is 10.9. The first-order chi connectivity index (χ1) is 12.1. The van der Waals surface area contributed by atoms with Crippen molar-refractivity contribution in [2.24, 2.45) is 4.99 Å². The van der Waals surface area contributed by atoms with Crippen molar-refractivity contribution in [3.05, 3.63) is 51.8 Å². The molecule has 0 bridgehead atoms. The number of nitrogens with one attached hydrogen (secondary N) is 2. The Bertz CT molecular complexity index is 699. The van der Waals surface area contributed by atoms with E-state index < -0.39 is 0 Å². The van der Waals surface area contributed by atoms with E-state index in [0.717, 1.165) is 55.0 Å². The highest BCUT2D eigenvalue weighted by Gasteiger charge is 2.01. The smallest absolute Gasteiger partial charge is 0.190 e. The Morgan fingerprint density at radius 2 is 1.88 bits per heavy atom. The summed E-state index contributed by atoms with van der Waals surface area (Å²) in [5.41, 5.74) is 3.64. The van der Waals surface area contributed by atoms with Gasteiger partial charge in [0.15, 0.2) is 5.96 Å². The largest absolute Gasteiger partial charge is 0.356 e. The van der Waals surface area contributed by atoms with E-state index in [1.807, 2.05) is 14.0 Å². The minimum absolute atomic E-state index is 0. The van der Waals surface area contributed by atoms with Crippen molar-refractivity contribution in [3.8, 4) is 0 Å². The molecule has 0 aliphatic heterocycles. The molecule has 2 aromatic rings. The summed E-state index contributed by atoms with van der Waals surface area (Å²) in [5.74, 6) is 0.864. The summed E-state index contributed by atoms with van der Waals surface area (Å²) in [5, 5.41) is 11.2. The molecule has 7 heteroatoms. The molecular weight excluding hydrogens is 505 g/mol. The van der Waals surface area contributed by atoms with Crippen molar-refractivity contribution in [1.82, 2.24) is 20.4 Å². The SMILES string of the molecule is CN=C(NCCCc1cccc(Br)c1)NCCCn1nc(C)cc1C.I. The molecule has 0 saturated carbocycles. The number of nitrogens with zero attached hydrogens (tertiary/aromatic N) is 3. The first-order valence-electron chi connectivity index (χ1n) is 8.78. The maximum Gasteiger partial charge on any atom is 0.190 e. The third-order valence-corrected chi connectivity index (χ3v) is 4.48. The minimum atomic E-state index is 0. The minimum Gasteiger partial charge on any atom is -0.356 e. The molecule has 144 valence electrons. The lowest BCUT2D eigenvalue weighted by atomic mass is 10.1. The number of benzene rings is 1. The van der Waals surface area contributed by atoms with Gasteiger partial charge in [-0.05, 0) is 56.9 Å². The molecule has 0 unspecified atom stereocenters. The maximum atomic E-state index is 4.48. The first kappa shape index (κ1) is 23.0. The van der Waals surface area contributed by atoms with Crippen LogP contribution in [0, 0.1) is 13.8 Å². The molecule has 0 spiro atoms. The van der Waals surface area contributed by atoms with Crippen LogP contribution in [0.2, 0.25) is 0 Å². The third-order valence-electron chi connectivity index (χ3n) is 3.99. The van der Waals surface area contributed by atoms with Crippen molar-refractivity contribution in [2.45, 2.75) is 39.7 Å². The van der Waals surface area contributed by atoms with Crippen LogP contribution in [-0.2, 0) is 13.0 Å². The zero-order valence-electron chi connectivity index (χ0n) is 15.8. The van der Waals surface area contributed by atoms with Gasteiger partial charge in [-0.2, -0.15) is 5.10 Å². The summed E-state index contributed by atoms with van der Waals surface area (Å²) < 4.78 is 3.20. The Morgan fingerprint density at radius 3 is 2.50 bits per heavy atom. The molecule has 2 N–H and O–H groups in total. The molecule has 0 saturated heterocycles. The molecule has 5 nitrogen and oxygen atoms in total. The van der Waals surface area contributed by atoms with E-state index in [2.05, 4.69) is 78.6 Å². The number of halogens is 2. The highest BCUT2D eigenvalue weighted by atomic mass is 127. The molecule has 0 amide bonds. The van der Waals surface area contributed by atoms with Gasteiger partial charge in [0, 0.05) is 36.8 Å². The van der Waals surface area contributed by atoms with E-state index in [0.29, 0.717) is 0 Å². The van der Waals surface area contributed by atoms with Crippen molar-refractivity contribution >= 4 is 45.9 Å². The van der Waals surface area contributed by atoms with Gasteiger partial charge in [0.1, 0.15) is 0 Å². The van der Waals surface area contributed by atoms with Crippen LogP contribution >= 0.6 is 39.9 Å². The summed E-state index contributed by atoms with van der Waals surface area (Å²) in [6.07, 6.45) is 3.14. The zero-order chi connectivity index (χ0) is 18.1. The fourth-order valence-electron chi connectivity index (χ4n) is 2.75. The van der Waals surface area contributed by atoms with Crippen LogP contribution in [0.15, 0.2) is 39.8 Å². The predicted molar refractivity (Wildman–Crippen MR) is 124 cm³/mol. The molecule has 1 aromatic heterocycles. The lowest BCUT2D eigenvalue weighted by molar-refractivity contribution is 0.555. The third kappa shape index (κ3) is 8.07. The number of rotatable bonds is 8. The van der Waals surface area contributed by atoms with Crippen LogP contribution in [0.25, 0.3) is 0 Å². The second-order valence-electron chi connectivity index (χ2n) is 6.16. The van der Waals surface area contributed by atoms with Gasteiger partial charge in [-0.25, -0.2) is 0 Å². The average molecular weight is 534 g/mol. The first-order valence-corrected chi connectivity index (χ1v) is 9.58. The lowest BCUT2D eigenvalue weighted by Crippen LogP contribution is -2.38. The Morgan fingerprint density at radius 1 is 1.15 bits per heavy atom. The highest BCUT2D eigenvalue weighted by Crippen LogP contribution is 2.12. The number of hydrogen-bond acceptors (Lipinski definition) is 2. The van der Waals surface area contributed by atoms with E-state index in [9.17, 15) is 0 Å². The lowest BCUT2D eigenvalue weighted by Gasteiger charge is -2.12. The van der Waals surface area contributed by atoms with Crippen LogP contribution in [0.5, 0.6) is 0 Å². The van der Waals surface area contributed by atoms with Gasteiger partial charge in [0.2, 0.25) is 0 Å². The number of aryl methyl sites for hydroxylation is 4. The van der Waals surface area contributed by atoms with E-state index in [-0.39, 0.29) is 24.0 Å². The molecule has 26 heavy (non-hydrogen) atoms. The van der Waals surface area contributed by atoms with Gasteiger partial charge in [-0.1, -0.05) is 28.1 Å². The van der Waals surface area contributed by atoms with Crippen molar-refractivity contribution in [1.29, 1.82) is 0 Å². The number of guanidine groups is 1. The zero-order valence-corrected chi connectivity index (χ0v) is 19.7. The van der Waals surface area contributed by atoms with E-state index in [1.54, 1.807) is 0 Å². The fourth-order valence-corrected chi connectivity index (χ4v) is 3.20. The Balaban J connectivity index is 0.00000338. The van der Waals surface area contributed by atoms with E-state index in [1.165, 1.54) is 11.3 Å². The number of hydrogen-bond donors (Lipinski definition) is 2. The van der Waals surface area contributed by atoms with Crippen LogP contribution in [0.3, 0.4) is 0 Å². The summed E-state index contributed by atoms with van der Waals surface area (Å²) in [6.45, 7) is 6.83. The Hall–Kier alpha value is -1.09. The second-order valence-corrected chi connectivity index (χ2v) is 7.08. The molecule has 0 fully saturated rings. The summed E-state index contributed by atoms with van der Waals surface area (Å²) in [4.78, 5) is 4.28. The summed E-state index contributed by atoms with van der Waals surface area (Å²) >= 11 is 3.51. The van der Waals surface area contributed by atoms with Gasteiger partial charge < -0.3 is 10.6 Å². The van der Waals surface area contributed by atoms with Crippen LogP contribution in [0.1, 0.15) is 29.8 Å². The van der Waals surface area contributed by atoms with Gasteiger partial charge in [-0.3, -0.25) is 9.67 Å². The van der Waals surface area contributed by atoms with Gasteiger partial charge in [-0.15, -0.1) is 24.0 Å². The molecule has 1 heterocycles. The highest BCUT2D eigenvalue weighted by molar-refractivity contribution is 14.0. The normalized spacial score (nSPS) is 11.2. The van der Waals surface area contributed by atoms with E-state index >= 15 is 0 Å². The van der Waals surface area contributed by atoms with E-state index in [4.69, 9.17) is 0 Å². The summed E-state index contributed by atoms with van der Waals surface area (Å²) in [6, 6.07) is 10.6. The van der Waals surface area contributed by atoms with Gasteiger partial charge >= 0.3 is 0 Å². The summed E-state index contributed by atoms with van der Waals surface area (Å²) in [7, 11) is 1.81. The van der Waals surface area contributed by atoms with Crippen LogP contribution < -0.4 is 10.6 Å². The van der Waals surface area contributed by atoms with Gasteiger partial charge in [0.25, 0.3) is 0 Å². The van der Waals surface area contributed by atoms with Crippen molar-refractivity contribution in [2.75, 3.05) is 20.1 Å². The number of aromatic nitrogens is 2. The van der Waals surface area contributed by atoms with Crippen molar-refractivity contribution < 1.29 is 0 Å². The molecular formula is C19H29BrIN5. The molecule has 2 rings (SSSR count). The fraction of sp³-hybridized carbons (Fsp3) is 0.474. The predicted octanol–water partition coefficient (Wildman–Crippen LogP) is 4.07. The molecule has 1 aromatic carbocycles.